The Morgan fingerprint density at radius 2 is 1.56 bits per heavy atom. The third kappa shape index (κ3) is 5.28. The first-order valence-electron chi connectivity index (χ1n) is 8.55. The molecule has 5 heteroatoms. The van der Waals surface area contributed by atoms with E-state index in [0.717, 1.165) is 16.5 Å². The lowest BCUT2D eigenvalue weighted by Crippen LogP contribution is -2.04. The monoisotopic (exact) mass is 339 g/mol. The van der Waals surface area contributed by atoms with E-state index in [9.17, 15) is 10.1 Å². The van der Waals surface area contributed by atoms with Crippen molar-refractivity contribution in [2.75, 3.05) is 5.32 Å². The van der Waals surface area contributed by atoms with Gasteiger partial charge < -0.3 is 5.32 Å². The molecule has 2 aromatic carbocycles. The highest BCUT2D eigenvalue weighted by molar-refractivity contribution is 5.95. The Kier molecular flexibility index (Phi) is 8.65. The summed E-state index contributed by atoms with van der Waals surface area (Å²) in [6, 6.07) is 17.2. The van der Waals surface area contributed by atoms with E-state index in [1.807, 2.05) is 82.3 Å². The molecule has 0 aliphatic rings. The molecule has 0 bridgehead atoms. The molecule has 0 radical (unpaired) electrons. The highest BCUT2D eigenvalue weighted by atomic mass is 16.6. The van der Waals surface area contributed by atoms with Crippen LogP contribution in [0.3, 0.4) is 0 Å². The summed E-state index contributed by atoms with van der Waals surface area (Å²) in [5.41, 5.74) is 2.30. The van der Waals surface area contributed by atoms with Gasteiger partial charge in [-0.1, -0.05) is 76.2 Å². The van der Waals surface area contributed by atoms with Crippen LogP contribution in [0.2, 0.25) is 0 Å². The maximum Gasteiger partial charge on any atom is 0.311 e. The number of pyridine rings is 1. The van der Waals surface area contributed by atoms with Gasteiger partial charge in [0.2, 0.25) is 0 Å². The number of fused-ring (bicyclic) bond motifs is 1. The molecule has 1 N–H and O–H groups in total. The molecule has 3 rings (SSSR count). The van der Waals surface area contributed by atoms with Gasteiger partial charge in [0.15, 0.2) is 0 Å². The standard InChI is InChI=1S/C16H13N3O2.2C2H6/c20-19(21)15-11-17-14-9-5-4-8-13(14)16(15)18-10-12-6-2-1-3-7-12;2*1-2/h1-9,11H,10H2,(H,17,18);2*1-2H3. The minimum Gasteiger partial charge on any atom is -0.375 e. The summed E-state index contributed by atoms with van der Waals surface area (Å²) in [5, 5.41) is 15.1. The number of nitro groups is 1. The molecule has 1 heterocycles. The average molecular weight is 339 g/mol. The van der Waals surface area contributed by atoms with Crippen molar-refractivity contribution in [3.05, 3.63) is 76.5 Å². The van der Waals surface area contributed by atoms with Crippen molar-refractivity contribution in [3.63, 3.8) is 0 Å². The molecule has 0 fully saturated rings. The van der Waals surface area contributed by atoms with Crippen molar-refractivity contribution in [2.24, 2.45) is 0 Å². The van der Waals surface area contributed by atoms with E-state index in [-0.39, 0.29) is 5.69 Å². The Morgan fingerprint density at radius 1 is 0.960 bits per heavy atom. The van der Waals surface area contributed by atoms with Crippen LogP contribution < -0.4 is 5.32 Å². The second-order valence-electron chi connectivity index (χ2n) is 4.63. The maximum absolute atomic E-state index is 11.2. The molecule has 0 aliphatic heterocycles. The SMILES string of the molecule is CC.CC.O=[N+]([O-])c1cnc2ccccc2c1NCc1ccccc1. The fraction of sp³-hybridized carbons (Fsp3) is 0.250. The number of nitrogens with one attached hydrogen (secondary N) is 1. The van der Waals surface area contributed by atoms with Gasteiger partial charge in [0.25, 0.3) is 0 Å². The quantitative estimate of drug-likeness (QED) is 0.481. The third-order valence-electron chi connectivity index (χ3n) is 3.26. The molecule has 0 aliphatic carbocycles. The number of nitrogens with zero attached hydrogens (tertiary/aromatic N) is 2. The molecule has 25 heavy (non-hydrogen) atoms. The Bertz CT molecular complexity index is 789. The van der Waals surface area contributed by atoms with Crippen LogP contribution in [0.25, 0.3) is 10.9 Å². The van der Waals surface area contributed by atoms with Crippen molar-refractivity contribution >= 4 is 22.3 Å². The summed E-state index contributed by atoms with van der Waals surface area (Å²) >= 11 is 0. The van der Waals surface area contributed by atoms with Gasteiger partial charge in [-0.05, 0) is 11.6 Å². The van der Waals surface area contributed by atoms with Crippen molar-refractivity contribution in [3.8, 4) is 0 Å². The second-order valence-corrected chi connectivity index (χ2v) is 4.63. The van der Waals surface area contributed by atoms with Gasteiger partial charge in [-0.15, -0.1) is 0 Å². The molecule has 132 valence electrons. The number of hydrogen-bond acceptors (Lipinski definition) is 4. The maximum atomic E-state index is 11.2. The summed E-state index contributed by atoms with van der Waals surface area (Å²) in [4.78, 5) is 14.9. The van der Waals surface area contributed by atoms with E-state index in [4.69, 9.17) is 0 Å². The van der Waals surface area contributed by atoms with E-state index in [2.05, 4.69) is 10.3 Å². The largest absolute Gasteiger partial charge is 0.375 e. The first-order valence-corrected chi connectivity index (χ1v) is 8.55. The smallest absolute Gasteiger partial charge is 0.311 e. The molecular formula is C20H25N3O2. The Morgan fingerprint density at radius 3 is 2.20 bits per heavy atom. The zero-order valence-corrected chi connectivity index (χ0v) is 15.2. The summed E-state index contributed by atoms with van der Waals surface area (Å²) in [6.45, 7) is 8.52. The van der Waals surface area contributed by atoms with E-state index < -0.39 is 4.92 Å². The van der Waals surface area contributed by atoms with E-state index >= 15 is 0 Å². The van der Waals surface area contributed by atoms with E-state index in [0.29, 0.717) is 12.2 Å². The summed E-state index contributed by atoms with van der Waals surface area (Å²) in [5.74, 6) is 0. The van der Waals surface area contributed by atoms with Gasteiger partial charge in [-0.3, -0.25) is 10.1 Å². The number of aromatic nitrogens is 1. The molecule has 0 saturated carbocycles. The Balaban J connectivity index is 0.000000730. The van der Waals surface area contributed by atoms with Crippen LogP contribution in [-0.2, 0) is 6.54 Å². The zero-order valence-electron chi connectivity index (χ0n) is 15.2. The normalized spacial score (nSPS) is 9.28. The molecule has 0 saturated heterocycles. The number of hydrogen-bond donors (Lipinski definition) is 1. The van der Waals surface area contributed by atoms with Crippen molar-refractivity contribution in [1.29, 1.82) is 0 Å². The minimum absolute atomic E-state index is 0.00960. The van der Waals surface area contributed by atoms with Crippen LogP contribution >= 0.6 is 0 Å². The van der Waals surface area contributed by atoms with Gasteiger partial charge in [0.05, 0.1) is 10.4 Å². The Labute approximate surface area is 148 Å². The van der Waals surface area contributed by atoms with E-state index in [1.165, 1.54) is 6.20 Å². The highest BCUT2D eigenvalue weighted by Gasteiger charge is 2.17. The van der Waals surface area contributed by atoms with Gasteiger partial charge >= 0.3 is 5.69 Å². The van der Waals surface area contributed by atoms with Crippen molar-refractivity contribution in [2.45, 2.75) is 34.2 Å². The topological polar surface area (TPSA) is 68.1 Å². The highest BCUT2D eigenvalue weighted by Crippen LogP contribution is 2.31. The second kappa shape index (κ2) is 10.8. The van der Waals surface area contributed by atoms with Gasteiger partial charge in [0.1, 0.15) is 11.9 Å². The zero-order chi connectivity index (χ0) is 18.7. The fourth-order valence-electron chi connectivity index (χ4n) is 2.24. The van der Waals surface area contributed by atoms with Crippen LogP contribution in [-0.4, -0.2) is 9.91 Å². The lowest BCUT2D eigenvalue weighted by Gasteiger charge is -2.10. The lowest BCUT2D eigenvalue weighted by atomic mass is 10.1. The van der Waals surface area contributed by atoms with Crippen molar-refractivity contribution < 1.29 is 4.92 Å². The number of benzene rings is 2. The summed E-state index contributed by atoms with van der Waals surface area (Å²) in [7, 11) is 0. The van der Waals surface area contributed by atoms with Crippen LogP contribution in [0.15, 0.2) is 60.8 Å². The van der Waals surface area contributed by atoms with Crippen LogP contribution in [0.1, 0.15) is 33.3 Å². The predicted octanol–water partition coefficient (Wildman–Crippen LogP) is 5.81. The predicted molar refractivity (Wildman–Crippen MR) is 105 cm³/mol. The number of anilines is 1. The van der Waals surface area contributed by atoms with Crippen LogP contribution in [0.4, 0.5) is 11.4 Å². The molecule has 0 atom stereocenters. The molecule has 1 aromatic heterocycles. The Hall–Kier alpha value is -2.95. The summed E-state index contributed by atoms with van der Waals surface area (Å²) in [6.07, 6.45) is 1.30. The molecule has 3 aromatic rings. The van der Waals surface area contributed by atoms with Crippen LogP contribution in [0, 0.1) is 10.1 Å². The van der Waals surface area contributed by atoms with Crippen LogP contribution in [0.5, 0.6) is 0 Å². The fourth-order valence-corrected chi connectivity index (χ4v) is 2.24. The van der Waals surface area contributed by atoms with Gasteiger partial charge in [-0.25, -0.2) is 4.98 Å². The van der Waals surface area contributed by atoms with E-state index in [1.54, 1.807) is 0 Å². The average Bonchev–Trinajstić information content (AvgIpc) is 2.69. The lowest BCUT2D eigenvalue weighted by molar-refractivity contribution is -0.384. The van der Waals surface area contributed by atoms with Crippen molar-refractivity contribution in [1.82, 2.24) is 4.98 Å². The van der Waals surface area contributed by atoms with Gasteiger partial charge in [-0.2, -0.15) is 0 Å². The summed E-state index contributed by atoms with van der Waals surface area (Å²) < 4.78 is 0. The minimum atomic E-state index is -0.410. The molecule has 0 spiro atoms. The first kappa shape index (κ1) is 20.1. The molecule has 0 unspecified atom stereocenters. The number of para-hydroxylation sites is 1. The third-order valence-corrected chi connectivity index (χ3v) is 3.26. The molecule has 5 nitrogen and oxygen atoms in total. The first-order chi connectivity index (χ1) is 12.3. The molecular weight excluding hydrogens is 314 g/mol. The van der Waals surface area contributed by atoms with Gasteiger partial charge in [0, 0.05) is 11.9 Å². The molecule has 0 amide bonds. The number of rotatable bonds is 4.